The number of carbonyl (C=O) groups is 2. The summed E-state index contributed by atoms with van der Waals surface area (Å²) in [5.74, 6) is -1.26. The van der Waals surface area contributed by atoms with Crippen molar-refractivity contribution in [3.05, 3.63) is 0 Å². The summed E-state index contributed by atoms with van der Waals surface area (Å²) in [7, 11) is 0. The van der Waals surface area contributed by atoms with E-state index in [2.05, 4.69) is 17.1 Å². The van der Waals surface area contributed by atoms with E-state index in [1.165, 1.54) is 0 Å². The zero-order valence-electron chi connectivity index (χ0n) is 11.3. The highest BCUT2D eigenvalue weighted by molar-refractivity contribution is 5.74. The van der Waals surface area contributed by atoms with Crippen LogP contribution in [0, 0.1) is 0 Å². The number of carbonyl (C=O) groups excluding carboxylic acids is 1. The fourth-order valence-electron chi connectivity index (χ4n) is 2.04. The van der Waals surface area contributed by atoms with Gasteiger partial charge in [-0.05, 0) is 13.0 Å². The number of amides is 2. The maximum Gasteiger partial charge on any atom is 0.332 e. The number of aliphatic hydroxyl groups is 1. The number of carboxylic acid groups (broad SMARTS) is 1. The standard InChI is InChI=1S/C12H23N3O4/c1-2-5-14-6-8-15(9-7-14)12(19)13-4-3-10(16)11(17)18/h10,16H,2-9H2,1H3,(H,13,19)(H,17,18). The minimum absolute atomic E-state index is 0.0247. The molecule has 0 saturated carbocycles. The van der Waals surface area contributed by atoms with Crippen LogP contribution in [-0.4, -0.2) is 77.4 Å². The van der Waals surface area contributed by atoms with Crippen molar-refractivity contribution >= 4 is 12.0 Å². The van der Waals surface area contributed by atoms with E-state index in [1.807, 2.05) is 0 Å². The Kier molecular flexibility index (Phi) is 6.58. The molecule has 0 aliphatic carbocycles. The number of hydrogen-bond donors (Lipinski definition) is 3. The predicted octanol–water partition coefficient (Wildman–Crippen LogP) is -0.441. The second kappa shape index (κ2) is 7.96. The van der Waals surface area contributed by atoms with Gasteiger partial charge in [-0.25, -0.2) is 9.59 Å². The molecule has 1 heterocycles. The van der Waals surface area contributed by atoms with Crippen molar-refractivity contribution in [1.29, 1.82) is 0 Å². The molecule has 0 bridgehead atoms. The van der Waals surface area contributed by atoms with Gasteiger partial charge in [-0.15, -0.1) is 0 Å². The first-order chi connectivity index (χ1) is 9.04. The number of rotatable bonds is 6. The Morgan fingerprint density at radius 3 is 2.42 bits per heavy atom. The second-order valence-electron chi connectivity index (χ2n) is 4.70. The molecule has 0 spiro atoms. The van der Waals surface area contributed by atoms with E-state index in [4.69, 9.17) is 10.2 Å². The molecule has 2 amide bonds. The SMILES string of the molecule is CCCN1CCN(C(=O)NCCC(O)C(=O)O)CC1. The van der Waals surface area contributed by atoms with Crippen molar-refractivity contribution in [2.45, 2.75) is 25.9 Å². The molecule has 0 aromatic heterocycles. The zero-order valence-corrected chi connectivity index (χ0v) is 11.3. The highest BCUT2D eigenvalue weighted by Crippen LogP contribution is 2.02. The zero-order chi connectivity index (χ0) is 14.3. The van der Waals surface area contributed by atoms with E-state index >= 15 is 0 Å². The van der Waals surface area contributed by atoms with Gasteiger partial charge in [-0.1, -0.05) is 6.92 Å². The summed E-state index contributed by atoms with van der Waals surface area (Å²) in [5, 5.41) is 20.2. The Hall–Kier alpha value is -1.34. The van der Waals surface area contributed by atoms with Gasteiger partial charge in [-0.3, -0.25) is 4.90 Å². The van der Waals surface area contributed by atoms with Crippen LogP contribution < -0.4 is 5.32 Å². The molecular weight excluding hydrogens is 250 g/mol. The largest absolute Gasteiger partial charge is 0.479 e. The molecule has 7 heteroatoms. The second-order valence-corrected chi connectivity index (χ2v) is 4.70. The Morgan fingerprint density at radius 1 is 1.26 bits per heavy atom. The number of aliphatic carboxylic acids is 1. The minimum Gasteiger partial charge on any atom is -0.479 e. The monoisotopic (exact) mass is 273 g/mol. The van der Waals surface area contributed by atoms with Crippen molar-refractivity contribution in [3.8, 4) is 0 Å². The van der Waals surface area contributed by atoms with Crippen molar-refractivity contribution in [2.75, 3.05) is 39.3 Å². The summed E-state index contributed by atoms with van der Waals surface area (Å²) >= 11 is 0. The summed E-state index contributed by atoms with van der Waals surface area (Å²) in [6.07, 6.45) is -0.280. The summed E-state index contributed by atoms with van der Waals surface area (Å²) in [5.41, 5.74) is 0. The average molecular weight is 273 g/mol. The van der Waals surface area contributed by atoms with Crippen molar-refractivity contribution in [3.63, 3.8) is 0 Å². The number of nitrogens with one attached hydrogen (secondary N) is 1. The topological polar surface area (TPSA) is 93.1 Å². The smallest absolute Gasteiger partial charge is 0.332 e. The maximum atomic E-state index is 11.8. The Labute approximate surface area is 113 Å². The van der Waals surface area contributed by atoms with Crippen LogP contribution in [0.3, 0.4) is 0 Å². The van der Waals surface area contributed by atoms with Crippen LogP contribution in [0.1, 0.15) is 19.8 Å². The van der Waals surface area contributed by atoms with Crippen LogP contribution in [-0.2, 0) is 4.79 Å². The fraction of sp³-hybridized carbons (Fsp3) is 0.833. The molecule has 1 fully saturated rings. The third-order valence-corrected chi connectivity index (χ3v) is 3.18. The van der Waals surface area contributed by atoms with Crippen LogP contribution >= 0.6 is 0 Å². The molecular formula is C12H23N3O4. The summed E-state index contributed by atoms with van der Waals surface area (Å²) in [6.45, 7) is 6.48. The molecule has 19 heavy (non-hydrogen) atoms. The third kappa shape index (κ3) is 5.44. The van der Waals surface area contributed by atoms with Crippen LogP contribution in [0.15, 0.2) is 0 Å². The average Bonchev–Trinajstić information content (AvgIpc) is 2.39. The van der Waals surface area contributed by atoms with Gasteiger partial charge in [-0.2, -0.15) is 0 Å². The molecule has 1 rings (SSSR count). The fourth-order valence-corrected chi connectivity index (χ4v) is 2.04. The third-order valence-electron chi connectivity index (χ3n) is 3.18. The lowest BCUT2D eigenvalue weighted by Crippen LogP contribution is -2.52. The first-order valence-electron chi connectivity index (χ1n) is 6.70. The predicted molar refractivity (Wildman–Crippen MR) is 70.0 cm³/mol. The highest BCUT2D eigenvalue weighted by Gasteiger charge is 2.20. The Morgan fingerprint density at radius 2 is 1.89 bits per heavy atom. The van der Waals surface area contributed by atoms with Gasteiger partial charge >= 0.3 is 12.0 Å². The van der Waals surface area contributed by atoms with Crippen molar-refractivity contribution in [2.24, 2.45) is 0 Å². The van der Waals surface area contributed by atoms with Crippen molar-refractivity contribution < 1.29 is 19.8 Å². The van der Waals surface area contributed by atoms with Gasteiger partial charge in [0.2, 0.25) is 0 Å². The lowest BCUT2D eigenvalue weighted by atomic mass is 10.2. The highest BCUT2D eigenvalue weighted by atomic mass is 16.4. The van der Waals surface area contributed by atoms with Gasteiger partial charge in [0.05, 0.1) is 0 Å². The van der Waals surface area contributed by atoms with E-state index in [-0.39, 0.29) is 19.0 Å². The van der Waals surface area contributed by atoms with Crippen LogP contribution in [0.25, 0.3) is 0 Å². The molecule has 1 atom stereocenters. The molecule has 1 saturated heterocycles. The van der Waals surface area contributed by atoms with Crippen molar-refractivity contribution in [1.82, 2.24) is 15.1 Å². The van der Waals surface area contributed by atoms with E-state index in [9.17, 15) is 9.59 Å². The minimum atomic E-state index is -1.42. The van der Waals surface area contributed by atoms with Gasteiger partial charge in [0, 0.05) is 39.1 Å². The quantitative estimate of drug-likeness (QED) is 0.610. The van der Waals surface area contributed by atoms with E-state index in [1.54, 1.807) is 4.90 Å². The molecule has 7 nitrogen and oxygen atoms in total. The lowest BCUT2D eigenvalue weighted by Gasteiger charge is -2.34. The molecule has 1 unspecified atom stereocenters. The molecule has 0 radical (unpaired) electrons. The first-order valence-corrected chi connectivity index (χ1v) is 6.70. The summed E-state index contributed by atoms with van der Waals surface area (Å²) in [6, 6.07) is -0.186. The van der Waals surface area contributed by atoms with Gasteiger partial charge in [0.25, 0.3) is 0 Å². The number of piperazine rings is 1. The van der Waals surface area contributed by atoms with Crippen LogP contribution in [0.2, 0.25) is 0 Å². The molecule has 1 aliphatic rings. The number of aliphatic hydroxyl groups excluding tert-OH is 1. The molecule has 0 aromatic carbocycles. The van der Waals surface area contributed by atoms with E-state index in [0.717, 1.165) is 26.1 Å². The summed E-state index contributed by atoms with van der Waals surface area (Å²) in [4.78, 5) is 26.2. The van der Waals surface area contributed by atoms with Gasteiger partial charge < -0.3 is 20.4 Å². The number of nitrogens with zero attached hydrogens (tertiary/aromatic N) is 2. The molecule has 3 N–H and O–H groups in total. The first kappa shape index (κ1) is 15.7. The Balaban J connectivity index is 2.19. The van der Waals surface area contributed by atoms with E-state index < -0.39 is 12.1 Å². The Bertz CT molecular complexity index is 303. The number of urea groups is 1. The van der Waals surface area contributed by atoms with E-state index in [0.29, 0.717) is 13.1 Å². The normalized spacial score (nSPS) is 18.1. The lowest BCUT2D eigenvalue weighted by molar-refractivity contribution is -0.146. The molecule has 110 valence electrons. The number of hydrogen-bond acceptors (Lipinski definition) is 4. The summed E-state index contributed by atoms with van der Waals surface area (Å²) < 4.78 is 0. The number of carboxylic acids is 1. The van der Waals surface area contributed by atoms with Gasteiger partial charge in [0.15, 0.2) is 6.10 Å². The maximum absolute atomic E-state index is 11.8. The molecule has 1 aliphatic heterocycles. The van der Waals surface area contributed by atoms with Crippen LogP contribution in [0.4, 0.5) is 4.79 Å². The van der Waals surface area contributed by atoms with Gasteiger partial charge in [0.1, 0.15) is 0 Å². The molecule has 0 aromatic rings. The van der Waals surface area contributed by atoms with Crippen LogP contribution in [0.5, 0.6) is 0 Å².